The average molecular weight is 768 g/mol. The second-order valence-electron chi connectivity index (χ2n) is 12.0. The molecule has 1 aromatic carbocycles. The van der Waals surface area contributed by atoms with E-state index in [9.17, 15) is 33.6 Å². The Labute approximate surface area is 308 Å². The molecule has 0 aromatic heterocycles. The summed E-state index contributed by atoms with van der Waals surface area (Å²) >= 11 is 1.21. The molecule has 4 rings (SSSR count). The summed E-state index contributed by atoms with van der Waals surface area (Å²) < 4.78 is 59.1. The monoisotopic (exact) mass is 767 g/mol. The zero-order chi connectivity index (χ0) is 39.1. The lowest BCUT2D eigenvalue weighted by Gasteiger charge is -2.50. The summed E-state index contributed by atoms with van der Waals surface area (Å²) in [6.07, 6.45) is -15.1. The van der Waals surface area contributed by atoms with Gasteiger partial charge < -0.3 is 47.4 Å². The van der Waals surface area contributed by atoms with Crippen molar-refractivity contribution < 1.29 is 80.9 Å². The minimum Gasteiger partial charge on any atom is -0.463 e. The van der Waals surface area contributed by atoms with Crippen molar-refractivity contribution in [3.63, 3.8) is 0 Å². The summed E-state index contributed by atoms with van der Waals surface area (Å²) in [6, 6.07) is 7.29. The Kier molecular flexibility index (Phi) is 13.8. The van der Waals surface area contributed by atoms with E-state index in [1.54, 1.807) is 4.31 Å². The number of fused-ring (bicyclic) bond motifs is 1. The maximum atomic E-state index is 12.7. The molecule has 3 aliphatic heterocycles. The highest BCUT2D eigenvalue weighted by molar-refractivity contribution is 7.97. The van der Waals surface area contributed by atoms with Crippen LogP contribution in [0.5, 0.6) is 0 Å². The van der Waals surface area contributed by atoms with Crippen molar-refractivity contribution >= 4 is 59.4 Å². The van der Waals surface area contributed by atoms with Crippen molar-refractivity contribution in [3.05, 3.63) is 36.4 Å². The zero-order valence-corrected chi connectivity index (χ0v) is 30.8. The molecule has 0 bridgehead atoms. The molecule has 18 nitrogen and oxygen atoms in total. The van der Waals surface area contributed by atoms with Gasteiger partial charge in [-0.2, -0.15) is 0 Å². The maximum Gasteiger partial charge on any atom is 0.303 e. The lowest BCUT2D eigenvalue weighted by atomic mass is 9.95. The number of ether oxygens (including phenoxy) is 10. The van der Waals surface area contributed by atoms with E-state index in [0.29, 0.717) is 5.70 Å². The van der Waals surface area contributed by atoms with Crippen LogP contribution < -0.4 is 0 Å². The van der Waals surface area contributed by atoms with Gasteiger partial charge in [-0.25, -0.2) is 0 Å². The van der Waals surface area contributed by atoms with Crippen LogP contribution in [-0.2, 0) is 80.9 Å². The molecule has 19 heteroatoms. The molecule has 0 N–H and O–H groups in total. The van der Waals surface area contributed by atoms with Crippen LogP contribution >= 0.6 is 11.9 Å². The molecule has 0 radical (unpaired) electrons. The fourth-order valence-corrected chi connectivity index (χ4v) is 7.07. The largest absolute Gasteiger partial charge is 0.463 e. The number of hydrogen-bond acceptors (Lipinski definition) is 19. The molecule has 1 aromatic rings. The number of esters is 7. The Hall–Kier alpha value is -4.72. The van der Waals surface area contributed by atoms with Gasteiger partial charge >= 0.3 is 41.8 Å². The molecular formula is C34H41NO17S. The SMILES string of the molecule is C=C1c2ccccc2SN1C1OC(COC(C)=O)C(OC2OC(COC(C)=O)C(OC(C)=O)C(OC(C)=O)C2OC(C)=O)C(OC(C)=O)C1OC(C)=O. The van der Waals surface area contributed by atoms with Crippen molar-refractivity contribution in [2.24, 2.45) is 0 Å². The highest BCUT2D eigenvalue weighted by Gasteiger charge is 2.58. The molecule has 10 unspecified atom stereocenters. The van der Waals surface area contributed by atoms with Crippen molar-refractivity contribution in [2.75, 3.05) is 13.2 Å². The minimum atomic E-state index is -1.78. The van der Waals surface area contributed by atoms with Gasteiger partial charge in [-0.3, -0.25) is 37.9 Å². The third-order valence-corrected chi connectivity index (χ3v) is 8.97. The van der Waals surface area contributed by atoms with E-state index in [2.05, 4.69) is 6.58 Å². The van der Waals surface area contributed by atoms with Gasteiger partial charge in [0.05, 0.1) is 5.70 Å². The van der Waals surface area contributed by atoms with Gasteiger partial charge in [0, 0.05) is 58.9 Å². The van der Waals surface area contributed by atoms with Crippen LogP contribution in [0.15, 0.2) is 35.7 Å². The highest BCUT2D eigenvalue weighted by atomic mass is 32.2. The normalized spacial score (nSPS) is 29.2. The summed E-state index contributed by atoms with van der Waals surface area (Å²) in [5.41, 5.74) is 1.21. The Morgan fingerprint density at radius 1 is 0.604 bits per heavy atom. The Bertz CT molecular complexity index is 1600. The van der Waals surface area contributed by atoms with Gasteiger partial charge in [0.2, 0.25) is 0 Å². The van der Waals surface area contributed by atoms with Crippen molar-refractivity contribution in [1.82, 2.24) is 4.31 Å². The summed E-state index contributed by atoms with van der Waals surface area (Å²) in [7, 11) is 0. The van der Waals surface area contributed by atoms with Crippen LogP contribution in [0, 0.1) is 0 Å². The molecule has 53 heavy (non-hydrogen) atoms. The van der Waals surface area contributed by atoms with Crippen molar-refractivity contribution in [3.8, 4) is 0 Å². The van der Waals surface area contributed by atoms with Gasteiger partial charge in [0.25, 0.3) is 0 Å². The van der Waals surface area contributed by atoms with Crippen LogP contribution in [0.2, 0.25) is 0 Å². The third kappa shape index (κ3) is 10.5. The van der Waals surface area contributed by atoms with E-state index < -0.39 is 116 Å². The van der Waals surface area contributed by atoms with Crippen molar-refractivity contribution in [1.29, 1.82) is 0 Å². The summed E-state index contributed by atoms with van der Waals surface area (Å²) in [5, 5.41) is 0. The molecule has 290 valence electrons. The standard InChI is InChI=1S/C34H41NO17S/c1-15-23-11-9-10-12-26(23)53-35(15)33-31(48-21(7)41)29(46-19(5)39)28(24(50-33)13-43-16(2)36)52-34-32(49-22(8)42)30(47-20(6)40)27(45-18(4)38)25(51-34)14-44-17(3)37/h9-12,24-25,27-34H,1,13-14H2,2-8H3. The third-order valence-electron chi connectivity index (χ3n) is 7.80. The first-order valence-corrected chi connectivity index (χ1v) is 17.1. The van der Waals surface area contributed by atoms with Gasteiger partial charge in [-0.05, 0) is 18.0 Å². The van der Waals surface area contributed by atoms with Crippen LogP contribution in [0.3, 0.4) is 0 Å². The van der Waals surface area contributed by atoms with E-state index >= 15 is 0 Å². The molecule has 0 amide bonds. The van der Waals surface area contributed by atoms with Crippen molar-refractivity contribution in [2.45, 2.75) is 115 Å². The van der Waals surface area contributed by atoms with E-state index in [0.717, 1.165) is 58.9 Å². The number of rotatable bonds is 12. The quantitative estimate of drug-likeness (QED) is 0.168. The van der Waals surface area contributed by atoms with E-state index in [1.165, 1.54) is 11.9 Å². The van der Waals surface area contributed by atoms with Crippen LogP contribution in [-0.4, -0.2) is 121 Å². The lowest BCUT2D eigenvalue weighted by molar-refractivity contribution is -0.347. The van der Waals surface area contributed by atoms with Crippen LogP contribution in [0.4, 0.5) is 0 Å². The first-order valence-electron chi connectivity index (χ1n) is 16.3. The van der Waals surface area contributed by atoms with Crippen LogP contribution in [0.25, 0.3) is 5.70 Å². The van der Waals surface area contributed by atoms with Gasteiger partial charge in [-0.15, -0.1) is 0 Å². The van der Waals surface area contributed by atoms with Gasteiger partial charge in [0.1, 0.15) is 31.5 Å². The smallest absolute Gasteiger partial charge is 0.303 e. The second-order valence-corrected chi connectivity index (χ2v) is 13.1. The number of hydrogen-bond donors (Lipinski definition) is 0. The van der Waals surface area contributed by atoms with Gasteiger partial charge in [-0.1, -0.05) is 24.8 Å². The van der Waals surface area contributed by atoms with E-state index in [4.69, 9.17) is 47.4 Å². The number of nitrogens with zero attached hydrogens (tertiary/aromatic N) is 1. The van der Waals surface area contributed by atoms with E-state index in [1.807, 2.05) is 24.3 Å². The average Bonchev–Trinajstić information content (AvgIpc) is 3.38. The summed E-state index contributed by atoms with van der Waals surface area (Å²) in [6.45, 7) is 10.8. The lowest BCUT2D eigenvalue weighted by Crippen LogP contribution is -2.68. The molecule has 0 saturated carbocycles. The molecular weight excluding hydrogens is 726 g/mol. The molecule has 0 aliphatic carbocycles. The first-order chi connectivity index (χ1) is 25.0. The predicted octanol–water partition coefficient (Wildman–Crippen LogP) is 1.60. The molecule has 3 aliphatic rings. The minimum absolute atomic E-state index is 0.458. The topological polar surface area (TPSA) is 215 Å². The first kappa shape index (κ1) is 41.0. The molecule has 10 atom stereocenters. The second kappa shape index (κ2) is 17.9. The predicted molar refractivity (Wildman–Crippen MR) is 176 cm³/mol. The summed E-state index contributed by atoms with van der Waals surface area (Å²) in [4.78, 5) is 87.1. The Balaban J connectivity index is 1.83. The molecule has 2 saturated heterocycles. The van der Waals surface area contributed by atoms with Gasteiger partial charge in [0.15, 0.2) is 43.0 Å². The maximum absolute atomic E-state index is 12.7. The highest BCUT2D eigenvalue weighted by Crippen LogP contribution is 2.47. The molecule has 2 fully saturated rings. The summed E-state index contributed by atoms with van der Waals surface area (Å²) in [5.74, 6) is -5.73. The fraction of sp³-hybridized carbons (Fsp3) is 0.559. The van der Waals surface area contributed by atoms with E-state index in [-0.39, 0.29) is 0 Å². The number of carbonyl (C=O) groups excluding carboxylic acids is 7. The fourth-order valence-electron chi connectivity index (χ4n) is 5.95. The van der Waals surface area contributed by atoms with Crippen LogP contribution in [0.1, 0.15) is 54.0 Å². The Morgan fingerprint density at radius 2 is 1.06 bits per heavy atom. The Morgan fingerprint density at radius 3 is 1.57 bits per heavy atom. The molecule has 3 heterocycles. The molecule has 0 spiro atoms. The number of benzene rings is 1. The zero-order valence-electron chi connectivity index (χ0n) is 30.0. The number of carbonyl (C=O) groups is 7.